The molecule has 4 fully saturated rings. The highest BCUT2D eigenvalue weighted by atomic mass is 16.2. The molecule has 4 aliphatic heterocycles. The summed E-state index contributed by atoms with van der Waals surface area (Å²) in [4.78, 5) is 71.2. The number of piperazine rings is 1. The molecule has 1 aliphatic carbocycles. The van der Waals surface area contributed by atoms with Crippen molar-refractivity contribution in [1.29, 1.82) is 0 Å². The first-order valence-electron chi connectivity index (χ1n) is 15.5. The molecule has 10 heteroatoms. The highest BCUT2D eigenvalue weighted by Crippen LogP contribution is 2.36. The van der Waals surface area contributed by atoms with Gasteiger partial charge in [0.25, 0.3) is 11.8 Å². The van der Waals surface area contributed by atoms with E-state index in [1.807, 2.05) is 6.07 Å². The van der Waals surface area contributed by atoms with Gasteiger partial charge in [0.15, 0.2) is 0 Å². The zero-order valence-electron chi connectivity index (χ0n) is 23.8. The van der Waals surface area contributed by atoms with Gasteiger partial charge >= 0.3 is 0 Å². The summed E-state index contributed by atoms with van der Waals surface area (Å²) in [6.45, 7) is 6.09. The summed E-state index contributed by atoms with van der Waals surface area (Å²) in [5, 5.41) is 2.26. The lowest BCUT2D eigenvalue weighted by molar-refractivity contribution is -0.136. The molecule has 6 rings (SSSR count). The maximum atomic E-state index is 13.5. The molecule has 1 aromatic carbocycles. The van der Waals surface area contributed by atoms with E-state index < -0.39 is 23.8 Å². The molecule has 0 radical (unpaired) electrons. The first kappa shape index (κ1) is 27.9. The Labute approximate surface area is 241 Å². The zero-order chi connectivity index (χ0) is 28.5. The van der Waals surface area contributed by atoms with Gasteiger partial charge in [-0.2, -0.15) is 0 Å². The van der Waals surface area contributed by atoms with Gasteiger partial charge in [-0.05, 0) is 49.7 Å². The first-order valence-corrected chi connectivity index (χ1v) is 15.5. The average Bonchev–Trinajstić information content (AvgIpc) is 3.59. The number of anilines is 1. The summed E-state index contributed by atoms with van der Waals surface area (Å²) in [7, 11) is 0. The quantitative estimate of drug-likeness (QED) is 0.508. The Balaban J connectivity index is 1.00. The fourth-order valence-electron chi connectivity index (χ4n) is 7.45. The average molecular weight is 564 g/mol. The molecule has 1 N–H and O–H groups in total. The molecule has 5 amide bonds. The van der Waals surface area contributed by atoms with Gasteiger partial charge < -0.3 is 9.80 Å². The largest absolute Gasteiger partial charge is 0.371 e. The van der Waals surface area contributed by atoms with Crippen molar-refractivity contribution < 1.29 is 24.0 Å². The molecule has 10 nitrogen and oxygen atoms in total. The van der Waals surface area contributed by atoms with Crippen molar-refractivity contribution in [2.75, 3.05) is 50.7 Å². The molecule has 3 saturated heterocycles. The van der Waals surface area contributed by atoms with Gasteiger partial charge in [0, 0.05) is 58.7 Å². The lowest BCUT2D eigenvalue weighted by Crippen LogP contribution is -2.54. The summed E-state index contributed by atoms with van der Waals surface area (Å²) >= 11 is 0. The Kier molecular flexibility index (Phi) is 8.10. The van der Waals surface area contributed by atoms with E-state index in [0.29, 0.717) is 29.4 Å². The second-order valence-electron chi connectivity index (χ2n) is 12.4. The maximum absolute atomic E-state index is 13.5. The Morgan fingerprint density at radius 2 is 1.56 bits per heavy atom. The van der Waals surface area contributed by atoms with Crippen molar-refractivity contribution in [3.63, 3.8) is 0 Å². The van der Waals surface area contributed by atoms with Crippen molar-refractivity contribution in [2.45, 2.75) is 70.3 Å². The van der Waals surface area contributed by atoms with E-state index in [9.17, 15) is 24.0 Å². The smallest absolute Gasteiger partial charge is 0.264 e. The van der Waals surface area contributed by atoms with Crippen LogP contribution in [0.2, 0.25) is 0 Å². The van der Waals surface area contributed by atoms with Crippen LogP contribution in [0.3, 0.4) is 0 Å². The Hall–Kier alpha value is -3.27. The molecule has 1 aromatic rings. The van der Waals surface area contributed by atoms with E-state index in [0.717, 1.165) is 81.6 Å². The molecule has 5 aliphatic rings. The molecule has 1 atom stereocenters. The molecule has 220 valence electrons. The summed E-state index contributed by atoms with van der Waals surface area (Å²) in [5.41, 5.74) is 1.45. The topological polar surface area (TPSA) is 110 Å². The van der Waals surface area contributed by atoms with Crippen LogP contribution in [-0.2, 0) is 14.4 Å². The van der Waals surface area contributed by atoms with Gasteiger partial charge in [-0.3, -0.25) is 39.1 Å². The van der Waals surface area contributed by atoms with Gasteiger partial charge in [0.1, 0.15) is 6.04 Å². The summed E-state index contributed by atoms with van der Waals surface area (Å²) in [5.74, 6) is -0.260. The predicted molar refractivity (Wildman–Crippen MR) is 152 cm³/mol. The van der Waals surface area contributed by atoms with Crippen LogP contribution in [0.1, 0.15) is 84.9 Å². The normalized spacial score (nSPS) is 24.8. The molecule has 41 heavy (non-hydrogen) atoms. The third-order valence-electron chi connectivity index (χ3n) is 9.88. The highest BCUT2D eigenvalue weighted by Gasteiger charge is 2.46. The monoisotopic (exact) mass is 563 g/mol. The number of piperidine rings is 2. The number of hydrogen-bond donors (Lipinski definition) is 1. The summed E-state index contributed by atoms with van der Waals surface area (Å²) < 4.78 is 0. The highest BCUT2D eigenvalue weighted by molar-refractivity contribution is 6.25. The second-order valence-corrected chi connectivity index (χ2v) is 12.4. The molecular weight excluding hydrogens is 522 g/mol. The number of nitrogens with one attached hydrogen (secondary N) is 1. The van der Waals surface area contributed by atoms with Crippen LogP contribution in [-0.4, -0.2) is 96.1 Å². The van der Waals surface area contributed by atoms with Crippen molar-refractivity contribution in [1.82, 2.24) is 20.0 Å². The third-order valence-corrected chi connectivity index (χ3v) is 9.88. The van der Waals surface area contributed by atoms with E-state index in [1.54, 1.807) is 12.1 Å². The molecule has 1 unspecified atom stereocenters. The van der Waals surface area contributed by atoms with Crippen LogP contribution in [0.4, 0.5) is 5.69 Å². The van der Waals surface area contributed by atoms with Crippen molar-refractivity contribution in [3.05, 3.63) is 29.3 Å². The molecular formula is C31H41N5O5. The molecule has 0 aromatic heterocycles. The number of rotatable bonds is 7. The minimum Gasteiger partial charge on any atom is -0.371 e. The number of amides is 5. The van der Waals surface area contributed by atoms with E-state index >= 15 is 0 Å². The van der Waals surface area contributed by atoms with Crippen molar-refractivity contribution >= 4 is 35.2 Å². The van der Waals surface area contributed by atoms with E-state index in [2.05, 4.69) is 20.0 Å². The van der Waals surface area contributed by atoms with Gasteiger partial charge in [-0.25, -0.2) is 0 Å². The van der Waals surface area contributed by atoms with Crippen molar-refractivity contribution in [2.24, 2.45) is 11.8 Å². The SMILES string of the molecule is O=C1CCC(N2C(=O)c3cccc(N4CCC(CN5CCN(C(=O)CCC6CCCC6)CC5)CC4)c3C2=O)C(=O)N1. The third kappa shape index (κ3) is 5.76. The van der Waals surface area contributed by atoms with E-state index in [1.165, 1.54) is 25.7 Å². The van der Waals surface area contributed by atoms with Crippen LogP contribution in [0.15, 0.2) is 18.2 Å². The number of nitrogens with zero attached hydrogens (tertiary/aromatic N) is 4. The van der Waals surface area contributed by atoms with Gasteiger partial charge in [-0.1, -0.05) is 31.7 Å². The minimum absolute atomic E-state index is 0.107. The lowest BCUT2D eigenvalue weighted by atomic mass is 9.94. The standard InChI is InChI=1S/C31H41N5O5/c37-26-10-9-25(29(39)32-26)36-30(40)23-6-3-7-24(28(23)31(36)41)34-14-12-22(13-15-34)20-33-16-18-35(19-17-33)27(38)11-8-21-4-1-2-5-21/h3,6-7,21-22,25H,1-2,4-5,8-20H2,(H,32,37,39). The van der Waals surface area contributed by atoms with Gasteiger partial charge in [-0.15, -0.1) is 0 Å². The van der Waals surface area contributed by atoms with Crippen LogP contribution < -0.4 is 10.2 Å². The molecule has 0 bridgehead atoms. The summed E-state index contributed by atoms with van der Waals surface area (Å²) in [6, 6.07) is 4.38. The van der Waals surface area contributed by atoms with E-state index in [-0.39, 0.29) is 18.7 Å². The van der Waals surface area contributed by atoms with Crippen LogP contribution in [0, 0.1) is 11.8 Å². The second kappa shape index (κ2) is 11.9. The van der Waals surface area contributed by atoms with Crippen LogP contribution in [0.5, 0.6) is 0 Å². The number of fused-ring (bicyclic) bond motifs is 1. The zero-order valence-corrected chi connectivity index (χ0v) is 23.8. The predicted octanol–water partition coefficient (Wildman–Crippen LogP) is 2.42. The van der Waals surface area contributed by atoms with Gasteiger partial charge in [0.2, 0.25) is 17.7 Å². The number of carbonyl (C=O) groups is 5. The first-order chi connectivity index (χ1) is 19.9. The number of benzene rings is 1. The molecule has 0 spiro atoms. The van der Waals surface area contributed by atoms with Crippen LogP contribution in [0.25, 0.3) is 0 Å². The molecule has 4 heterocycles. The fourth-order valence-corrected chi connectivity index (χ4v) is 7.45. The minimum atomic E-state index is -0.957. The Morgan fingerprint density at radius 1 is 0.829 bits per heavy atom. The lowest BCUT2D eigenvalue weighted by Gasteiger charge is -2.39. The number of imide groups is 2. The number of carbonyl (C=O) groups excluding carboxylic acids is 5. The van der Waals surface area contributed by atoms with E-state index in [4.69, 9.17) is 0 Å². The van der Waals surface area contributed by atoms with Gasteiger partial charge in [0.05, 0.1) is 16.8 Å². The fraction of sp³-hybridized carbons (Fsp3) is 0.645. The number of hydrogen-bond acceptors (Lipinski definition) is 7. The molecule has 1 saturated carbocycles. The maximum Gasteiger partial charge on any atom is 0.264 e. The van der Waals surface area contributed by atoms with Crippen LogP contribution >= 0.6 is 0 Å². The Bertz CT molecular complexity index is 1210. The van der Waals surface area contributed by atoms with Crippen molar-refractivity contribution in [3.8, 4) is 0 Å². The summed E-state index contributed by atoms with van der Waals surface area (Å²) in [6.07, 6.45) is 9.23. The Morgan fingerprint density at radius 3 is 2.27 bits per heavy atom.